The molecule has 0 radical (unpaired) electrons. The first-order valence-electron chi connectivity index (χ1n) is 7.05. The van der Waals surface area contributed by atoms with Crippen molar-refractivity contribution in [1.29, 1.82) is 0 Å². The molecule has 1 N–H and O–H groups in total. The lowest BCUT2D eigenvalue weighted by Gasteiger charge is -2.33. The molecule has 1 aromatic heterocycles. The second-order valence-corrected chi connectivity index (χ2v) is 7.90. The summed E-state index contributed by atoms with van der Waals surface area (Å²) in [6, 6.07) is 0.198. The van der Waals surface area contributed by atoms with Gasteiger partial charge in [-0.3, -0.25) is 9.89 Å². The van der Waals surface area contributed by atoms with Crippen LogP contribution in [0.1, 0.15) is 47.9 Å². The third kappa shape index (κ3) is 2.34. The van der Waals surface area contributed by atoms with Gasteiger partial charge in [-0.15, -0.1) is 0 Å². The third-order valence-corrected chi connectivity index (χ3v) is 5.80. The molecule has 0 spiro atoms. The van der Waals surface area contributed by atoms with Crippen molar-refractivity contribution in [2.45, 2.75) is 44.4 Å². The SMILES string of the molecule is C[C@H]1CCCCN1C(=O)c1n[nH]c2c1CS(=O)(=O)CC2. The van der Waals surface area contributed by atoms with Gasteiger partial charge in [-0.05, 0) is 26.2 Å². The van der Waals surface area contributed by atoms with Crippen LogP contribution in [0, 0.1) is 0 Å². The number of sulfone groups is 1. The van der Waals surface area contributed by atoms with Crippen LogP contribution in [0.3, 0.4) is 0 Å². The Balaban J connectivity index is 1.91. The molecular weight excluding hydrogens is 278 g/mol. The van der Waals surface area contributed by atoms with Gasteiger partial charge < -0.3 is 4.90 Å². The summed E-state index contributed by atoms with van der Waals surface area (Å²) < 4.78 is 23.5. The fraction of sp³-hybridized carbons (Fsp3) is 0.692. The number of carbonyl (C=O) groups is 1. The lowest BCUT2D eigenvalue weighted by atomic mass is 10.0. The zero-order valence-electron chi connectivity index (χ0n) is 11.6. The van der Waals surface area contributed by atoms with Crippen molar-refractivity contribution in [3.63, 3.8) is 0 Å². The van der Waals surface area contributed by atoms with Crippen molar-refractivity contribution in [2.75, 3.05) is 12.3 Å². The van der Waals surface area contributed by atoms with E-state index in [1.165, 1.54) is 0 Å². The van der Waals surface area contributed by atoms with E-state index in [1.807, 2.05) is 11.8 Å². The first-order chi connectivity index (χ1) is 9.48. The molecule has 0 saturated carbocycles. The molecule has 0 aromatic carbocycles. The van der Waals surface area contributed by atoms with Gasteiger partial charge in [-0.25, -0.2) is 8.42 Å². The van der Waals surface area contributed by atoms with Crippen molar-refractivity contribution >= 4 is 15.7 Å². The number of aromatic amines is 1. The minimum absolute atomic E-state index is 0.0673. The quantitative estimate of drug-likeness (QED) is 0.834. The van der Waals surface area contributed by atoms with Crippen molar-refractivity contribution in [3.05, 3.63) is 17.0 Å². The standard InChI is InChI=1S/C13H19N3O3S/c1-9-4-2-3-6-16(9)13(17)12-10-8-20(18,19)7-5-11(10)14-15-12/h9H,2-8H2,1H3,(H,14,15)/t9-/m0/s1. The van der Waals surface area contributed by atoms with Crippen molar-refractivity contribution in [3.8, 4) is 0 Å². The van der Waals surface area contributed by atoms with Gasteiger partial charge in [0.25, 0.3) is 5.91 Å². The van der Waals surface area contributed by atoms with Crippen LogP contribution in [0.5, 0.6) is 0 Å². The lowest BCUT2D eigenvalue weighted by Crippen LogP contribution is -2.42. The summed E-state index contributed by atoms with van der Waals surface area (Å²) in [5.41, 5.74) is 1.68. The molecule has 7 heteroatoms. The highest BCUT2D eigenvalue weighted by molar-refractivity contribution is 7.90. The number of carbonyl (C=O) groups excluding carboxylic acids is 1. The number of likely N-dealkylation sites (tertiary alicyclic amines) is 1. The maximum absolute atomic E-state index is 12.6. The number of aromatic nitrogens is 2. The lowest BCUT2D eigenvalue weighted by molar-refractivity contribution is 0.0628. The van der Waals surface area contributed by atoms with Crippen molar-refractivity contribution in [2.24, 2.45) is 0 Å². The number of amides is 1. The summed E-state index contributed by atoms with van der Waals surface area (Å²) in [4.78, 5) is 14.4. The number of nitrogens with one attached hydrogen (secondary N) is 1. The van der Waals surface area contributed by atoms with Gasteiger partial charge in [0.15, 0.2) is 15.5 Å². The zero-order chi connectivity index (χ0) is 14.3. The summed E-state index contributed by atoms with van der Waals surface area (Å²) >= 11 is 0. The molecule has 1 saturated heterocycles. The predicted octanol–water partition coefficient (Wildman–Crippen LogP) is 0.895. The third-order valence-electron chi connectivity index (χ3n) is 4.25. The molecule has 1 fully saturated rings. The maximum atomic E-state index is 12.6. The number of hydrogen-bond donors (Lipinski definition) is 1. The number of aryl methyl sites for hydroxylation is 1. The topological polar surface area (TPSA) is 83.1 Å². The smallest absolute Gasteiger partial charge is 0.274 e. The van der Waals surface area contributed by atoms with E-state index >= 15 is 0 Å². The van der Waals surface area contributed by atoms with E-state index in [0.717, 1.165) is 31.5 Å². The van der Waals surface area contributed by atoms with Crippen LogP contribution in [-0.4, -0.2) is 47.8 Å². The van der Waals surface area contributed by atoms with E-state index < -0.39 is 9.84 Å². The van der Waals surface area contributed by atoms with Crippen molar-refractivity contribution < 1.29 is 13.2 Å². The van der Waals surface area contributed by atoms with Crippen LogP contribution in [0.4, 0.5) is 0 Å². The Hall–Kier alpha value is -1.37. The van der Waals surface area contributed by atoms with Gasteiger partial charge in [0, 0.05) is 30.3 Å². The highest BCUT2D eigenvalue weighted by atomic mass is 32.2. The summed E-state index contributed by atoms with van der Waals surface area (Å²) in [5.74, 6) is -0.0651. The average molecular weight is 297 g/mol. The fourth-order valence-corrected chi connectivity index (χ4v) is 4.44. The molecule has 1 atom stereocenters. The first kappa shape index (κ1) is 13.6. The largest absolute Gasteiger partial charge is 0.335 e. The van der Waals surface area contributed by atoms with E-state index in [0.29, 0.717) is 17.7 Å². The molecule has 3 heterocycles. The first-order valence-corrected chi connectivity index (χ1v) is 8.87. The second-order valence-electron chi connectivity index (χ2n) is 5.71. The van der Waals surface area contributed by atoms with Gasteiger partial charge in [-0.2, -0.15) is 5.10 Å². The van der Waals surface area contributed by atoms with E-state index in [-0.39, 0.29) is 23.5 Å². The molecule has 1 aromatic rings. The Morgan fingerprint density at radius 2 is 2.20 bits per heavy atom. The summed E-state index contributed by atoms with van der Waals surface area (Å²) in [5, 5.41) is 6.93. The van der Waals surface area contributed by atoms with E-state index in [4.69, 9.17) is 0 Å². The number of nitrogens with zero attached hydrogens (tertiary/aromatic N) is 2. The Kier molecular flexibility index (Phi) is 3.32. The molecule has 0 bridgehead atoms. The molecular formula is C13H19N3O3S. The highest BCUT2D eigenvalue weighted by Gasteiger charge is 2.32. The van der Waals surface area contributed by atoms with Crippen LogP contribution < -0.4 is 0 Å². The number of piperidine rings is 1. The molecule has 1 amide bonds. The van der Waals surface area contributed by atoms with E-state index in [1.54, 1.807) is 0 Å². The summed E-state index contributed by atoms with van der Waals surface area (Å²) in [6.07, 6.45) is 3.56. The van der Waals surface area contributed by atoms with Crippen LogP contribution in [0.2, 0.25) is 0 Å². The second kappa shape index (κ2) is 4.87. The molecule has 0 aliphatic carbocycles. The van der Waals surface area contributed by atoms with Crippen LogP contribution >= 0.6 is 0 Å². The van der Waals surface area contributed by atoms with Crippen LogP contribution in [0.15, 0.2) is 0 Å². The molecule has 0 unspecified atom stereocenters. The number of hydrogen-bond acceptors (Lipinski definition) is 4. The van der Waals surface area contributed by atoms with Crippen LogP contribution in [-0.2, 0) is 22.0 Å². The Morgan fingerprint density at radius 3 is 2.95 bits per heavy atom. The highest BCUT2D eigenvalue weighted by Crippen LogP contribution is 2.25. The monoisotopic (exact) mass is 297 g/mol. The van der Waals surface area contributed by atoms with Crippen molar-refractivity contribution in [1.82, 2.24) is 15.1 Å². The Labute approximate surface area is 118 Å². The molecule has 3 rings (SSSR count). The Bertz CT molecular complexity index is 635. The number of fused-ring (bicyclic) bond motifs is 1. The summed E-state index contributed by atoms with van der Waals surface area (Å²) in [6.45, 7) is 2.77. The maximum Gasteiger partial charge on any atom is 0.274 e. The average Bonchev–Trinajstić information content (AvgIpc) is 2.80. The number of H-pyrrole nitrogens is 1. The molecule has 2 aliphatic rings. The molecule has 2 aliphatic heterocycles. The van der Waals surface area contributed by atoms with Gasteiger partial charge >= 0.3 is 0 Å². The van der Waals surface area contributed by atoms with Gasteiger partial charge in [0.2, 0.25) is 0 Å². The van der Waals surface area contributed by atoms with Gasteiger partial charge in [-0.1, -0.05) is 0 Å². The molecule has 20 heavy (non-hydrogen) atoms. The molecule has 110 valence electrons. The minimum atomic E-state index is -3.10. The predicted molar refractivity (Wildman–Crippen MR) is 74.1 cm³/mol. The zero-order valence-corrected chi connectivity index (χ0v) is 12.4. The fourth-order valence-electron chi connectivity index (χ4n) is 3.03. The van der Waals surface area contributed by atoms with E-state index in [2.05, 4.69) is 10.2 Å². The van der Waals surface area contributed by atoms with Crippen LogP contribution in [0.25, 0.3) is 0 Å². The van der Waals surface area contributed by atoms with Gasteiger partial charge in [0.05, 0.1) is 11.5 Å². The van der Waals surface area contributed by atoms with E-state index in [9.17, 15) is 13.2 Å². The Morgan fingerprint density at radius 1 is 1.40 bits per heavy atom. The summed E-state index contributed by atoms with van der Waals surface area (Å²) in [7, 11) is -3.10. The molecule has 6 nitrogen and oxygen atoms in total. The van der Waals surface area contributed by atoms with Gasteiger partial charge in [0.1, 0.15) is 0 Å². The minimum Gasteiger partial charge on any atom is -0.335 e. The number of rotatable bonds is 1. The normalized spacial score (nSPS) is 25.2.